The third kappa shape index (κ3) is 3.31. The molecule has 0 aliphatic rings. The van der Waals surface area contributed by atoms with E-state index in [2.05, 4.69) is 45.7 Å². The van der Waals surface area contributed by atoms with E-state index in [1.54, 1.807) is 6.07 Å². The van der Waals surface area contributed by atoms with Gasteiger partial charge in [0.1, 0.15) is 0 Å². The van der Waals surface area contributed by atoms with Crippen LogP contribution in [0.1, 0.15) is 15.9 Å². The van der Waals surface area contributed by atoms with E-state index in [1.807, 2.05) is 19.1 Å². The first-order valence-corrected chi connectivity index (χ1v) is 5.62. The molecule has 0 unspecified atom stereocenters. The van der Waals surface area contributed by atoms with Gasteiger partial charge in [-0.2, -0.15) is 0 Å². The fourth-order valence-electron chi connectivity index (χ4n) is 1.01. The van der Waals surface area contributed by atoms with Gasteiger partial charge in [-0.25, -0.2) is 0 Å². The molecular formula is C9H10IN3OS. The van der Waals surface area contributed by atoms with E-state index in [-0.39, 0.29) is 11.0 Å². The van der Waals surface area contributed by atoms with Crippen molar-refractivity contribution in [1.82, 2.24) is 10.9 Å². The lowest BCUT2D eigenvalue weighted by Gasteiger charge is -2.08. The number of hydrogen-bond donors (Lipinski definition) is 3. The highest BCUT2D eigenvalue weighted by Gasteiger charge is 2.10. The van der Waals surface area contributed by atoms with Crippen LogP contribution in [-0.2, 0) is 0 Å². The predicted molar refractivity (Wildman–Crippen MR) is 71.3 cm³/mol. The molecule has 0 spiro atoms. The molecule has 0 radical (unpaired) electrons. The summed E-state index contributed by atoms with van der Waals surface area (Å²) < 4.78 is 0.914. The summed E-state index contributed by atoms with van der Waals surface area (Å²) >= 11 is 6.70. The minimum absolute atomic E-state index is 0.0333. The first kappa shape index (κ1) is 12.2. The van der Waals surface area contributed by atoms with E-state index in [0.29, 0.717) is 5.56 Å². The lowest BCUT2D eigenvalue weighted by molar-refractivity contribution is 0.0943. The van der Waals surface area contributed by atoms with Crippen molar-refractivity contribution in [1.29, 1.82) is 0 Å². The minimum Gasteiger partial charge on any atom is -0.375 e. The first-order chi connectivity index (χ1) is 7.02. The molecule has 0 saturated heterocycles. The third-order valence-electron chi connectivity index (χ3n) is 1.74. The minimum atomic E-state index is -0.254. The van der Waals surface area contributed by atoms with Gasteiger partial charge >= 0.3 is 0 Å². The van der Waals surface area contributed by atoms with Crippen LogP contribution in [0.2, 0.25) is 0 Å². The molecule has 0 aliphatic heterocycles. The fraction of sp³-hybridized carbons (Fsp3) is 0.111. The number of hydrazine groups is 1. The Labute approximate surface area is 107 Å². The molecule has 1 aromatic carbocycles. The number of nitrogens with two attached hydrogens (primary N) is 1. The van der Waals surface area contributed by atoms with Gasteiger partial charge in [-0.05, 0) is 53.4 Å². The molecule has 4 nitrogen and oxygen atoms in total. The van der Waals surface area contributed by atoms with Crippen LogP contribution in [0.15, 0.2) is 18.2 Å². The van der Waals surface area contributed by atoms with Crippen LogP contribution in [0, 0.1) is 10.5 Å². The highest BCUT2D eigenvalue weighted by Crippen LogP contribution is 2.16. The molecule has 0 atom stereocenters. The number of aryl methyl sites for hydroxylation is 1. The van der Waals surface area contributed by atoms with Crippen LogP contribution < -0.4 is 16.6 Å². The average Bonchev–Trinajstić information content (AvgIpc) is 2.18. The Morgan fingerprint density at radius 2 is 2.13 bits per heavy atom. The number of amides is 1. The van der Waals surface area contributed by atoms with Gasteiger partial charge in [0, 0.05) is 3.57 Å². The Hall–Kier alpha value is -0.890. The molecule has 80 valence electrons. The number of hydrogen-bond acceptors (Lipinski definition) is 2. The van der Waals surface area contributed by atoms with Gasteiger partial charge in [0.25, 0.3) is 5.91 Å². The van der Waals surface area contributed by atoms with Gasteiger partial charge in [-0.3, -0.25) is 15.6 Å². The van der Waals surface area contributed by atoms with Gasteiger partial charge in [0.15, 0.2) is 5.11 Å². The zero-order valence-corrected chi connectivity index (χ0v) is 11.0. The monoisotopic (exact) mass is 335 g/mol. The molecule has 15 heavy (non-hydrogen) atoms. The first-order valence-electron chi connectivity index (χ1n) is 4.13. The second-order valence-corrected chi connectivity index (χ2v) is 4.40. The molecule has 1 amide bonds. The predicted octanol–water partition coefficient (Wildman–Crippen LogP) is 1.08. The molecular weight excluding hydrogens is 325 g/mol. The third-order valence-corrected chi connectivity index (χ3v) is 3.27. The average molecular weight is 335 g/mol. The maximum Gasteiger partial charge on any atom is 0.270 e. The van der Waals surface area contributed by atoms with Gasteiger partial charge in [-0.1, -0.05) is 12.1 Å². The zero-order chi connectivity index (χ0) is 11.4. The number of rotatable bonds is 1. The molecule has 0 heterocycles. The summed E-state index contributed by atoms with van der Waals surface area (Å²) in [4.78, 5) is 11.6. The van der Waals surface area contributed by atoms with Crippen molar-refractivity contribution in [2.24, 2.45) is 5.73 Å². The highest BCUT2D eigenvalue weighted by atomic mass is 127. The SMILES string of the molecule is Cc1cccc(C(=O)NNC(N)=S)c1I. The van der Waals surface area contributed by atoms with Crippen LogP contribution in [0.25, 0.3) is 0 Å². The molecule has 6 heteroatoms. The zero-order valence-electron chi connectivity index (χ0n) is 8.00. The van der Waals surface area contributed by atoms with E-state index < -0.39 is 0 Å². The van der Waals surface area contributed by atoms with Gasteiger partial charge in [0.2, 0.25) is 0 Å². The Morgan fingerprint density at radius 3 is 2.73 bits per heavy atom. The summed E-state index contributed by atoms with van der Waals surface area (Å²) in [5.41, 5.74) is 11.6. The fourth-order valence-corrected chi connectivity index (χ4v) is 1.66. The second-order valence-electron chi connectivity index (χ2n) is 2.88. The summed E-state index contributed by atoms with van der Waals surface area (Å²) in [5, 5.41) is 0.0333. The molecule has 0 bridgehead atoms. The smallest absolute Gasteiger partial charge is 0.270 e. The molecule has 4 N–H and O–H groups in total. The van der Waals surface area contributed by atoms with Crippen LogP contribution >= 0.6 is 34.8 Å². The molecule has 0 aromatic heterocycles. The van der Waals surface area contributed by atoms with Crippen molar-refractivity contribution in [3.8, 4) is 0 Å². The van der Waals surface area contributed by atoms with Gasteiger partial charge < -0.3 is 5.73 Å². The van der Waals surface area contributed by atoms with Crippen molar-refractivity contribution in [2.75, 3.05) is 0 Å². The van der Waals surface area contributed by atoms with E-state index in [9.17, 15) is 4.79 Å². The Bertz CT molecular complexity index is 408. The largest absolute Gasteiger partial charge is 0.375 e. The summed E-state index contributed by atoms with van der Waals surface area (Å²) in [7, 11) is 0. The standard InChI is InChI=1S/C9H10IN3OS/c1-5-3-2-4-6(7(5)10)8(14)12-13-9(11)15/h2-4H,1H3,(H,12,14)(H3,11,13,15). The van der Waals surface area contributed by atoms with Gasteiger partial charge in [0.05, 0.1) is 5.56 Å². The molecule has 0 saturated carbocycles. The highest BCUT2D eigenvalue weighted by molar-refractivity contribution is 14.1. The maximum atomic E-state index is 11.6. The number of carbonyl (C=O) groups is 1. The number of carbonyl (C=O) groups excluding carboxylic acids is 1. The number of benzene rings is 1. The van der Waals surface area contributed by atoms with Crippen LogP contribution in [-0.4, -0.2) is 11.0 Å². The maximum absolute atomic E-state index is 11.6. The lowest BCUT2D eigenvalue weighted by Crippen LogP contribution is -2.44. The van der Waals surface area contributed by atoms with E-state index in [0.717, 1.165) is 9.13 Å². The Morgan fingerprint density at radius 1 is 1.47 bits per heavy atom. The van der Waals surface area contributed by atoms with Gasteiger partial charge in [-0.15, -0.1) is 0 Å². The topological polar surface area (TPSA) is 67.2 Å². The van der Waals surface area contributed by atoms with Crippen molar-refractivity contribution in [3.63, 3.8) is 0 Å². The van der Waals surface area contributed by atoms with E-state index in [4.69, 9.17) is 5.73 Å². The number of nitrogens with one attached hydrogen (secondary N) is 2. The van der Waals surface area contributed by atoms with Crippen LogP contribution in [0.5, 0.6) is 0 Å². The van der Waals surface area contributed by atoms with Crippen molar-refractivity contribution in [2.45, 2.75) is 6.92 Å². The van der Waals surface area contributed by atoms with Crippen molar-refractivity contribution < 1.29 is 4.79 Å². The van der Waals surface area contributed by atoms with E-state index in [1.165, 1.54) is 0 Å². The normalized spacial score (nSPS) is 9.47. The Balaban J connectivity index is 2.82. The van der Waals surface area contributed by atoms with Crippen molar-refractivity contribution >= 4 is 45.8 Å². The number of thiocarbonyl (C=S) groups is 1. The second kappa shape index (κ2) is 5.26. The molecule has 1 rings (SSSR count). The lowest BCUT2D eigenvalue weighted by atomic mass is 10.1. The summed E-state index contributed by atoms with van der Waals surface area (Å²) in [6.45, 7) is 1.94. The summed E-state index contributed by atoms with van der Waals surface area (Å²) in [5.74, 6) is -0.254. The number of halogens is 1. The summed E-state index contributed by atoms with van der Waals surface area (Å²) in [6.07, 6.45) is 0. The quantitative estimate of drug-likeness (QED) is 0.408. The van der Waals surface area contributed by atoms with Crippen molar-refractivity contribution in [3.05, 3.63) is 32.9 Å². The van der Waals surface area contributed by atoms with E-state index >= 15 is 0 Å². The summed E-state index contributed by atoms with van der Waals surface area (Å²) in [6, 6.07) is 5.51. The molecule has 0 aliphatic carbocycles. The van der Waals surface area contributed by atoms with Crippen LogP contribution in [0.4, 0.5) is 0 Å². The molecule has 0 fully saturated rings. The Kier molecular flexibility index (Phi) is 4.28. The van der Waals surface area contributed by atoms with Crippen LogP contribution in [0.3, 0.4) is 0 Å². The molecule has 1 aromatic rings.